The first kappa shape index (κ1) is 24.0. The number of hydrogen-bond donors (Lipinski definition) is 0. The van der Waals surface area contributed by atoms with Gasteiger partial charge in [0.2, 0.25) is 0 Å². The van der Waals surface area contributed by atoms with Crippen molar-refractivity contribution in [1.82, 2.24) is 14.8 Å². The topological polar surface area (TPSA) is 56.8 Å². The van der Waals surface area contributed by atoms with Gasteiger partial charge in [0.1, 0.15) is 5.82 Å². The zero-order valence-electron chi connectivity index (χ0n) is 19.3. The average Bonchev–Trinajstić information content (AvgIpc) is 2.86. The summed E-state index contributed by atoms with van der Waals surface area (Å²) >= 11 is 0. The third-order valence-electron chi connectivity index (χ3n) is 6.67. The van der Waals surface area contributed by atoms with Crippen LogP contribution in [0.2, 0.25) is 0 Å². The molecular formula is C25H29F3N4O2. The van der Waals surface area contributed by atoms with Crippen LogP contribution in [0.5, 0.6) is 0 Å². The van der Waals surface area contributed by atoms with Gasteiger partial charge in [-0.15, -0.1) is 0 Å². The molecule has 4 heterocycles. The molecule has 34 heavy (non-hydrogen) atoms. The number of piperidine rings is 1. The number of nitrogens with zero attached hydrogens (tertiary/aromatic N) is 4. The minimum Gasteiger partial charge on any atom is -0.338 e. The van der Waals surface area contributed by atoms with Crippen LogP contribution in [0, 0.1) is 5.92 Å². The Bertz CT molecular complexity index is 1050. The van der Waals surface area contributed by atoms with Gasteiger partial charge in [0.05, 0.1) is 11.5 Å². The van der Waals surface area contributed by atoms with E-state index in [1.165, 1.54) is 11.1 Å². The fraction of sp³-hybridized carbons (Fsp3) is 0.480. The van der Waals surface area contributed by atoms with Gasteiger partial charge in [0.25, 0.3) is 11.8 Å². The van der Waals surface area contributed by atoms with E-state index in [2.05, 4.69) is 16.5 Å². The molecule has 182 valence electrons. The standard InChI is InChI=1S/C25H29F3N4O2/c1-3-17(2)23(33)30-12-8-21(9-13-30)32-11-4-6-18-14-19(15-29-22(18)32)24(34)31-10-5-7-20(16-31)25(26,27)28/h8-9,12,14-15,20H,2-7,10-11,13,16H2,1H3/t20-/m1/s1. The molecule has 1 atom stereocenters. The fourth-order valence-electron chi connectivity index (χ4n) is 4.64. The van der Waals surface area contributed by atoms with Crippen LogP contribution in [0.25, 0.3) is 0 Å². The van der Waals surface area contributed by atoms with Crippen molar-refractivity contribution in [3.8, 4) is 0 Å². The number of rotatable bonds is 4. The highest BCUT2D eigenvalue weighted by Crippen LogP contribution is 2.34. The Hall–Kier alpha value is -3.10. The van der Waals surface area contributed by atoms with Crippen molar-refractivity contribution in [3.63, 3.8) is 0 Å². The van der Waals surface area contributed by atoms with Crippen molar-refractivity contribution >= 4 is 17.6 Å². The number of hydrogen-bond acceptors (Lipinski definition) is 4. The minimum atomic E-state index is -4.29. The molecule has 0 aromatic carbocycles. The number of allylic oxidation sites excluding steroid dienone is 1. The van der Waals surface area contributed by atoms with Crippen molar-refractivity contribution < 1.29 is 22.8 Å². The summed E-state index contributed by atoms with van der Waals surface area (Å²) in [7, 11) is 0. The number of pyridine rings is 1. The molecule has 0 N–H and O–H groups in total. The number of likely N-dealkylation sites (tertiary alicyclic amines) is 1. The summed E-state index contributed by atoms with van der Waals surface area (Å²) in [5.41, 5.74) is 2.70. The Kier molecular flexibility index (Phi) is 6.81. The lowest BCUT2D eigenvalue weighted by atomic mass is 9.96. The quantitative estimate of drug-likeness (QED) is 0.605. The number of halogens is 3. The second kappa shape index (κ2) is 9.64. The second-order valence-corrected chi connectivity index (χ2v) is 8.95. The van der Waals surface area contributed by atoms with E-state index >= 15 is 0 Å². The number of carbonyl (C=O) groups excluding carboxylic acids is 2. The summed E-state index contributed by atoms with van der Waals surface area (Å²) in [4.78, 5) is 34.8. The molecule has 3 aliphatic heterocycles. The van der Waals surface area contributed by atoms with E-state index < -0.39 is 18.0 Å². The largest absolute Gasteiger partial charge is 0.393 e. The van der Waals surface area contributed by atoms with Gasteiger partial charge < -0.3 is 14.7 Å². The van der Waals surface area contributed by atoms with Crippen LogP contribution in [0.1, 0.15) is 48.5 Å². The Morgan fingerprint density at radius 1 is 1.24 bits per heavy atom. The van der Waals surface area contributed by atoms with Crippen LogP contribution in [0.4, 0.5) is 19.0 Å². The molecule has 0 saturated carbocycles. The molecule has 3 aliphatic rings. The molecule has 6 nitrogen and oxygen atoms in total. The lowest BCUT2D eigenvalue weighted by molar-refractivity contribution is -0.184. The normalized spacial score (nSPS) is 20.6. The lowest BCUT2D eigenvalue weighted by Crippen LogP contribution is -2.44. The van der Waals surface area contributed by atoms with Crippen LogP contribution >= 0.6 is 0 Å². The number of alkyl halides is 3. The van der Waals surface area contributed by atoms with E-state index in [1.54, 1.807) is 17.2 Å². The summed E-state index contributed by atoms with van der Waals surface area (Å²) in [6.07, 6.45) is 5.33. The van der Waals surface area contributed by atoms with Gasteiger partial charge in [-0.1, -0.05) is 13.5 Å². The summed E-state index contributed by atoms with van der Waals surface area (Å²) in [5, 5.41) is 0. The summed E-state index contributed by atoms with van der Waals surface area (Å²) in [6, 6.07) is 1.77. The maximum Gasteiger partial charge on any atom is 0.393 e. The van der Waals surface area contributed by atoms with Crippen molar-refractivity contribution in [2.45, 2.75) is 45.2 Å². The van der Waals surface area contributed by atoms with Crippen molar-refractivity contribution in [2.75, 3.05) is 31.1 Å². The number of anilines is 1. The number of fused-ring (bicyclic) bond motifs is 1. The van der Waals surface area contributed by atoms with Crippen molar-refractivity contribution in [3.05, 3.63) is 59.6 Å². The van der Waals surface area contributed by atoms with Crippen molar-refractivity contribution in [1.29, 1.82) is 0 Å². The van der Waals surface area contributed by atoms with Crippen LogP contribution in [-0.2, 0) is 11.2 Å². The highest BCUT2D eigenvalue weighted by Gasteiger charge is 2.42. The summed E-state index contributed by atoms with van der Waals surface area (Å²) < 4.78 is 39.5. The fourth-order valence-corrected chi connectivity index (χ4v) is 4.64. The third kappa shape index (κ3) is 4.88. The van der Waals surface area contributed by atoms with Crippen LogP contribution in [-0.4, -0.2) is 59.0 Å². The second-order valence-electron chi connectivity index (χ2n) is 8.95. The molecule has 0 unspecified atom stereocenters. The average molecular weight is 475 g/mol. The summed E-state index contributed by atoms with van der Waals surface area (Å²) in [5.74, 6) is -1.23. The maximum absolute atomic E-state index is 13.2. The summed E-state index contributed by atoms with van der Waals surface area (Å²) in [6.45, 7) is 6.90. The van der Waals surface area contributed by atoms with E-state index in [0.717, 1.165) is 36.5 Å². The van der Waals surface area contributed by atoms with Gasteiger partial charge in [0, 0.05) is 49.8 Å². The zero-order valence-corrected chi connectivity index (χ0v) is 19.3. The molecule has 1 aromatic rings. The molecule has 0 aliphatic carbocycles. The first-order chi connectivity index (χ1) is 16.2. The van der Waals surface area contributed by atoms with Gasteiger partial charge in [-0.3, -0.25) is 9.59 Å². The number of amides is 2. The van der Waals surface area contributed by atoms with E-state index in [1.807, 2.05) is 19.1 Å². The van der Waals surface area contributed by atoms with Gasteiger partial charge >= 0.3 is 6.18 Å². The molecule has 2 amide bonds. The van der Waals surface area contributed by atoms with Gasteiger partial charge in [-0.2, -0.15) is 13.2 Å². The number of carbonyl (C=O) groups is 2. The molecular weight excluding hydrogens is 445 g/mol. The monoisotopic (exact) mass is 474 g/mol. The predicted molar refractivity (Wildman–Crippen MR) is 123 cm³/mol. The molecule has 0 radical (unpaired) electrons. The van der Waals surface area contributed by atoms with E-state index in [-0.39, 0.29) is 18.9 Å². The Balaban J connectivity index is 1.49. The van der Waals surface area contributed by atoms with Crippen LogP contribution in [0.15, 0.2) is 48.5 Å². The van der Waals surface area contributed by atoms with Crippen LogP contribution in [0.3, 0.4) is 0 Å². The molecule has 1 saturated heterocycles. The van der Waals surface area contributed by atoms with Crippen LogP contribution < -0.4 is 4.90 Å². The zero-order chi connectivity index (χ0) is 24.5. The van der Waals surface area contributed by atoms with Gasteiger partial charge in [-0.25, -0.2) is 4.98 Å². The Morgan fingerprint density at radius 3 is 2.71 bits per heavy atom. The Morgan fingerprint density at radius 2 is 2.03 bits per heavy atom. The highest BCUT2D eigenvalue weighted by atomic mass is 19.4. The highest BCUT2D eigenvalue weighted by molar-refractivity contribution is 5.95. The van der Waals surface area contributed by atoms with E-state index in [9.17, 15) is 22.8 Å². The van der Waals surface area contributed by atoms with E-state index in [4.69, 9.17) is 0 Å². The molecule has 9 heteroatoms. The minimum absolute atomic E-state index is 0.0584. The number of aryl methyl sites for hydroxylation is 1. The molecule has 0 bridgehead atoms. The molecule has 4 rings (SSSR count). The Labute approximate surface area is 197 Å². The third-order valence-corrected chi connectivity index (χ3v) is 6.67. The maximum atomic E-state index is 13.2. The molecule has 1 aromatic heterocycles. The molecule has 1 fully saturated rings. The first-order valence-electron chi connectivity index (χ1n) is 11.7. The SMILES string of the molecule is C=C(CC)C(=O)N1C=CC(N2CCCc3cc(C(=O)N4CCC[C@@H](C(F)(F)F)C4)cnc32)=CC1. The van der Waals surface area contributed by atoms with Gasteiger partial charge in [-0.05, 0) is 55.9 Å². The predicted octanol–water partition coefficient (Wildman–Crippen LogP) is 4.45. The smallest absolute Gasteiger partial charge is 0.338 e. The lowest BCUT2D eigenvalue weighted by Gasteiger charge is -2.35. The first-order valence-corrected chi connectivity index (χ1v) is 11.7. The van der Waals surface area contributed by atoms with Gasteiger partial charge in [0.15, 0.2) is 0 Å². The number of aromatic nitrogens is 1. The molecule has 0 spiro atoms. The van der Waals surface area contributed by atoms with Crippen molar-refractivity contribution in [2.24, 2.45) is 5.92 Å². The van der Waals surface area contributed by atoms with E-state index in [0.29, 0.717) is 37.1 Å².